The highest BCUT2D eigenvalue weighted by atomic mass is 19.2. The van der Waals surface area contributed by atoms with Crippen LogP contribution in [0.25, 0.3) is 11.1 Å². The maximum absolute atomic E-state index is 15.0. The first kappa shape index (κ1) is 28.8. The molecule has 0 aliphatic rings. The van der Waals surface area contributed by atoms with Crippen molar-refractivity contribution < 1.29 is 23.4 Å². The smallest absolute Gasteiger partial charge is 0.336 e. The summed E-state index contributed by atoms with van der Waals surface area (Å²) in [6.45, 7) is 4.69. The number of aromatic carboxylic acids is 1. The first-order chi connectivity index (χ1) is 17.0. The summed E-state index contributed by atoms with van der Waals surface area (Å²) in [6, 6.07) is 7.79. The molecule has 0 saturated heterocycles. The first-order valence-electron chi connectivity index (χ1n) is 13.5. The molecule has 0 bridgehead atoms. The van der Waals surface area contributed by atoms with Crippen LogP contribution in [0.3, 0.4) is 0 Å². The van der Waals surface area contributed by atoms with Gasteiger partial charge >= 0.3 is 5.97 Å². The van der Waals surface area contributed by atoms with E-state index in [1.165, 1.54) is 69.6 Å². The zero-order valence-electron chi connectivity index (χ0n) is 21.5. The SMILES string of the molecule is CCCCCCCCCc1ccc(C(=O)O)c(-c2ccc(OCCCCCCCC)c(F)c2F)c1. The Balaban J connectivity index is 2.05. The van der Waals surface area contributed by atoms with Crippen molar-refractivity contribution in [3.8, 4) is 16.9 Å². The van der Waals surface area contributed by atoms with Crippen LogP contribution in [0.5, 0.6) is 5.75 Å². The highest BCUT2D eigenvalue weighted by Crippen LogP contribution is 2.33. The number of benzene rings is 2. The number of hydrogen-bond donors (Lipinski definition) is 1. The standard InChI is InChI=1S/C30H42F2O3/c1-3-5-7-9-11-12-14-16-23-17-18-25(30(33)34)26(22-23)24-19-20-27(29(32)28(24)31)35-21-15-13-10-8-6-4-2/h17-20,22H,3-16,21H2,1-2H3,(H,33,34). The summed E-state index contributed by atoms with van der Waals surface area (Å²) < 4.78 is 35.3. The Morgan fingerprint density at radius 1 is 0.743 bits per heavy atom. The second kappa shape index (κ2) is 16.3. The van der Waals surface area contributed by atoms with Gasteiger partial charge in [0, 0.05) is 5.56 Å². The van der Waals surface area contributed by atoms with E-state index >= 15 is 4.39 Å². The van der Waals surface area contributed by atoms with E-state index in [0.29, 0.717) is 6.61 Å². The molecule has 0 fully saturated rings. The lowest BCUT2D eigenvalue weighted by Crippen LogP contribution is -2.05. The molecule has 2 aromatic rings. The molecule has 0 unspecified atom stereocenters. The first-order valence-corrected chi connectivity index (χ1v) is 13.5. The molecule has 0 spiro atoms. The van der Waals surface area contributed by atoms with Gasteiger partial charge in [0.1, 0.15) is 0 Å². The molecule has 2 aromatic carbocycles. The molecule has 0 amide bonds. The number of carboxylic acids is 1. The van der Waals surface area contributed by atoms with E-state index in [9.17, 15) is 14.3 Å². The number of carbonyl (C=O) groups is 1. The Bertz CT molecular complexity index is 911. The van der Waals surface area contributed by atoms with Crippen molar-refractivity contribution in [2.45, 2.75) is 104 Å². The van der Waals surface area contributed by atoms with E-state index in [2.05, 4.69) is 13.8 Å². The Morgan fingerprint density at radius 2 is 1.34 bits per heavy atom. The van der Waals surface area contributed by atoms with Crippen molar-refractivity contribution in [3.63, 3.8) is 0 Å². The zero-order chi connectivity index (χ0) is 25.5. The molecular formula is C30H42F2O3. The third-order valence-corrected chi connectivity index (χ3v) is 6.48. The van der Waals surface area contributed by atoms with Gasteiger partial charge in [-0.15, -0.1) is 0 Å². The van der Waals surface area contributed by atoms with Crippen molar-refractivity contribution in [2.75, 3.05) is 6.61 Å². The highest BCUT2D eigenvalue weighted by molar-refractivity contribution is 5.96. The number of ether oxygens (including phenoxy) is 1. The van der Waals surface area contributed by atoms with Crippen molar-refractivity contribution in [1.82, 2.24) is 0 Å². The Hall–Kier alpha value is -2.43. The van der Waals surface area contributed by atoms with Crippen LogP contribution >= 0.6 is 0 Å². The summed E-state index contributed by atoms with van der Waals surface area (Å²) >= 11 is 0. The molecule has 0 aliphatic heterocycles. The zero-order valence-corrected chi connectivity index (χ0v) is 21.5. The number of halogens is 2. The van der Waals surface area contributed by atoms with E-state index < -0.39 is 17.6 Å². The van der Waals surface area contributed by atoms with E-state index in [1.54, 1.807) is 12.1 Å². The normalized spacial score (nSPS) is 11.1. The van der Waals surface area contributed by atoms with Gasteiger partial charge in [-0.05, 0) is 48.6 Å². The van der Waals surface area contributed by atoms with Crippen LogP contribution in [0.2, 0.25) is 0 Å². The number of carboxylic acid groups (broad SMARTS) is 1. The molecule has 0 aromatic heterocycles. The van der Waals surface area contributed by atoms with Gasteiger partial charge in [-0.3, -0.25) is 0 Å². The van der Waals surface area contributed by atoms with Crippen LogP contribution in [0.4, 0.5) is 8.78 Å². The van der Waals surface area contributed by atoms with Crippen LogP contribution < -0.4 is 4.74 Å². The fourth-order valence-electron chi connectivity index (χ4n) is 4.36. The van der Waals surface area contributed by atoms with E-state index in [1.807, 2.05) is 0 Å². The molecule has 0 saturated carbocycles. The van der Waals surface area contributed by atoms with Gasteiger partial charge in [-0.25, -0.2) is 9.18 Å². The Kier molecular flexibility index (Phi) is 13.4. The van der Waals surface area contributed by atoms with Crippen LogP contribution in [0.15, 0.2) is 30.3 Å². The quantitative estimate of drug-likeness (QED) is 0.213. The lowest BCUT2D eigenvalue weighted by molar-refractivity contribution is 0.0697. The van der Waals surface area contributed by atoms with E-state index in [0.717, 1.165) is 44.1 Å². The molecule has 3 nitrogen and oxygen atoms in total. The monoisotopic (exact) mass is 488 g/mol. The van der Waals surface area contributed by atoms with Gasteiger partial charge in [-0.1, -0.05) is 96.6 Å². The minimum Gasteiger partial charge on any atom is -0.490 e. The van der Waals surface area contributed by atoms with Crippen LogP contribution in [0.1, 0.15) is 113 Å². The fourth-order valence-corrected chi connectivity index (χ4v) is 4.36. The molecule has 5 heteroatoms. The minimum absolute atomic E-state index is 0.0348. The predicted molar refractivity (Wildman–Crippen MR) is 139 cm³/mol. The number of hydrogen-bond acceptors (Lipinski definition) is 2. The lowest BCUT2D eigenvalue weighted by atomic mass is 9.94. The summed E-state index contributed by atoms with van der Waals surface area (Å²) in [4.78, 5) is 11.8. The number of aryl methyl sites for hydroxylation is 1. The average Bonchev–Trinajstić information content (AvgIpc) is 2.85. The van der Waals surface area contributed by atoms with E-state index in [-0.39, 0.29) is 22.4 Å². The average molecular weight is 489 g/mol. The maximum Gasteiger partial charge on any atom is 0.336 e. The van der Waals surface area contributed by atoms with Gasteiger partial charge < -0.3 is 9.84 Å². The van der Waals surface area contributed by atoms with Crippen LogP contribution in [0, 0.1) is 11.6 Å². The van der Waals surface area contributed by atoms with Crippen LogP contribution in [-0.2, 0) is 6.42 Å². The molecular weight excluding hydrogens is 446 g/mol. The maximum atomic E-state index is 15.0. The Morgan fingerprint density at radius 3 is 1.97 bits per heavy atom. The molecule has 0 radical (unpaired) electrons. The van der Waals surface area contributed by atoms with E-state index in [4.69, 9.17) is 4.74 Å². The second-order valence-electron chi connectivity index (χ2n) is 9.41. The van der Waals surface area contributed by atoms with Crippen molar-refractivity contribution in [1.29, 1.82) is 0 Å². The molecule has 194 valence electrons. The number of unbranched alkanes of at least 4 members (excludes halogenated alkanes) is 11. The van der Waals surface area contributed by atoms with Gasteiger partial charge in [0.15, 0.2) is 11.6 Å². The second-order valence-corrected chi connectivity index (χ2v) is 9.41. The molecule has 0 heterocycles. The van der Waals surface area contributed by atoms with Crippen molar-refractivity contribution in [2.24, 2.45) is 0 Å². The van der Waals surface area contributed by atoms with Gasteiger partial charge in [0.25, 0.3) is 0 Å². The van der Waals surface area contributed by atoms with Gasteiger partial charge in [-0.2, -0.15) is 4.39 Å². The third kappa shape index (κ3) is 9.62. The summed E-state index contributed by atoms with van der Waals surface area (Å²) in [6.07, 6.45) is 15.5. The molecule has 35 heavy (non-hydrogen) atoms. The predicted octanol–water partition coefficient (Wildman–Crippen LogP) is 9.36. The Labute approximate surface area is 209 Å². The summed E-state index contributed by atoms with van der Waals surface area (Å²) in [7, 11) is 0. The van der Waals surface area contributed by atoms with Gasteiger partial charge in [0.2, 0.25) is 5.82 Å². The lowest BCUT2D eigenvalue weighted by Gasteiger charge is -2.13. The highest BCUT2D eigenvalue weighted by Gasteiger charge is 2.20. The summed E-state index contributed by atoms with van der Waals surface area (Å²) in [5.74, 6) is -3.43. The largest absolute Gasteiger partial charge is 0.490 e. The van der Waals surface area contributed by atoms with Crippen molar-refractivity contribution in [3.05, 3.63) is 53.1 Å². The third-order valence-electron chi connectivity index (χ3n) is 6.48. The summed E-state index contributed by atoms with van der Waals surface area (Å²) in [5, 5.41) is 9.63. The van der Waals surface area contributed by atoms with Gasteiger partial charge in [0.05, 0.1) is 12.2 Å². The van der Waals surface area contributed by atoms with Crippen LogP contribution in [-0.4, -0.2) is 17.7 Å². The molecule has 0 atom stereocenters. The summed E-state index contributed by atoms with van der Waals surface area (Å²) in [5.41, 5.74) is 1.05. The molecule has 1 N–H and O–H groups in total. The molecule has 2 rings (SSSR count). The fraction of sp³-hybridized carbons (Fsp3) is 0.567. The number of rotatable bonds is 18. The minimum atomic E-state index is -1.16. The molecule has 0 aliphatic carbocycles. The topological polar surface area (TPSA) is 46.5 Å². The van der Waals surface area contributed by atoms with Crippen molar-refractivity contribution >= 4 is 5.97 Å².